The molecule has 3 nitrogen and oxygen atoms in total. The van der Waals surface area contributed by atoms with E-state index in [1.54, 1.807) is 6.07 Å². The van der Waals surface area contributed by atoms with Crippen LogP contribution in [0.4, 0.5) is 13.2 Å². The van der Waals surface area contributed by atoms with Gasteiger partial charge in [-0.15, -0.1) is 24.0 Å². The van der Waals surface area contributed by atoms with Crippen molar-refractivity contribution < 1.29 is 25.8 Å². The Labute approximate surface area is 187 Å². The van der Waals surface area contributed by atoms with Crippen molar-refractivity contribution in [2.75, 3.05) is 0 Å². The van der Waals surface area contributed by atoms with Gasteiger partial charge < -0.3 is 4.18 Å². The van der Waals surface area contributed by atoms with Crippen LogP contribution in [0.3, 0.4) is 0 Å². The molecule has 0 bridgehead atoms. The zero-order valence-electron chi connectivity index (χ0n) is 17.2. The highest BCUT2D eigenvalue weighted by Gasteiger charge is 2.38. The van der Waals surface area contributed by atoms with Crippen molar-refractivity contribution >= 4 is 34.1 Å². The normalized spacial score (nSPS) is 13.0. The standard InChI is InChI=1S/C21H25F3O3S.HI/c1-19(2,3)15-11-9-12-16(18(15)20(4,5)6)27-28(25,26)17-13-8-7-10-14(17)21(22,23)24;/h7-13H,1-6H3;1H. The van der Waals surface area contributed by atoms with Gasteiger partial charge in [-0.2, -0.15) is 21.6 Å². The van der Waals surface area contributed by atoms with Gasteiger partial charge in [-0.3, -0.25) is 0 Å². The fraction of sp³-hybridized carbons (Fsp3) is 0.429. The molecule has 0 radical (unpaired) electrons. The molecule has 29 heavy (non-hydrogen) atoms. The summed E-state index contributed by atoms with van der Waals surface area (Å²) >= 11 is 0. The Kier molecular flexibility index (Phi) is 7.50. The first-order chi connectivity index (χ1) is 12.5. The maximum Gasteiger partial charge on any atom is 0.417 e. The van der Waals surface area contributed by atoms with Gasteiger partial charge in [0.1, 0.15) is 10.6 Å². The predicted octanol–water partition coefficient (Wildman–Crippen LogP) is 6.69. The van der Waals surface area contributed by atoms with E-state index in [9.17, 15) is 21.6 Å². The summed E-state index contributed by atoms with van der Waals surface area (Å²) in [5.41, 5.74) is -0.528. The lowest BCUT2D eigenvalue weighted by atomic mass is 9.75. The molecule has 0 saturated carbocycles. The smallest absolute Gasteiger partial charge is 0.379 e. The number of hydrogen-bond acceptors (Lipinski definition) is 3. The van der Waals surface area contributed by atoms with E-state index in [4.69, 9.17) is 4.18 Å². The molecule has 2 aromatic carbocycles. The quantitative estimate of drug-likeness (QED) is 0.321. The Bertz CT molecular complexity index is 970. The van der Waals surface area contributed by atoms with Crippen LogP contribution in [0.2, 0.25) is 0 Å². The van der Waals surface area contributed by atoms with Gasteiger partial charge in [-0.1, -0.05) is 65.8 Å². The van der Waals surface area contributed by atoms with Crippen LogP contribution in [0, 0.1) is 0 Å². The Hall–Kier alpha value is -1.29. The first-order valence-electron chi connectivity index (χ1n) is 8.80. The molecule has 0 heterocycles. The average molecular weight is 542 g/mol. The second-order valence-electron chi connectivity index (χ2n) is 8.71. The molecule has 0 fully saturated rings. The predicted molar refractivity (Wildman–Crippen MR) is 119 cm³/mol. The van der Waals surface area contributed by atoms with Crippen LogP contribution in [0.25, 0.3) is 0 Å². The van der Waals surface area contributed by atoms with Crippen LogP contribution in [-0.2, 0) is 27.1 Å². The fourth-order valence-electron chi connectivity index (χ4n) is 3.08. The first kappa shape index (κ1) is 25.7. The van der Waals surface area contributed by atoms with Crippen molar-refractivity contribution in [3.63, 3.8) is 0 Å². The molecule has 0 N–H and O–H groups in total. The Balaban J connectivity index is 0.00000420. The zero-order valence-corrected chi connectivity index (χ0v) is 20.4. The number of rotatable bonds is 3. The largest absolute Gasteiger partial charge is 0.417 e. The number of hydrogen-bond donors (Lipinski definition) is 0. The summed E-state index contributed by atoms with van der Waals surface area (Å²) in [6, 6.07) is 9.02. The van der Waals surface area contributed by atoms with Gasteiger partial charge in [-0.25, -0.2) is 0 Å². The van der Waals surface area contributed by atoms with E-state index in [1.165, 1.54) is 12.1 Å². The highest BCUT2D eigenvalue weighted by molar-refractivity contribution is 14.0. The van der Waals surface area contributed by atoms with Crippen molar-refractivity contribution in [2.24, 2.45) is 0 Å². The Morgan fingerprint density at radius 1 is 0.759 bits per heavy atom. The van der Waals surface area contributed by atoms with Crippen LogP contribution in [0.1, 0.15) is 58.2 Å². The number of halogens is 4. The maximum atomic E-state index is 13.3. The van der Waals surface area contributed by atoms with Crippen LogP contribution in [0.5, 0.6) is 5.75 Å². The van der Waals surface area contributed by atoms with Crippen molar-refractivity contribution in [3.8, 4) is 5.75 Å². The molecule has 0 spiro atoms. The number of alkyl halides is 3. The van der Waals surface area contributed by atoms with E-state index in [-0.39, 0.29) is 35.1 Å². The molecule has 0 aliphatic rings. The monoisotopic (exact) mass is 542 g/mol. The van der Waals surface area contributed by atoms with Gasteiger partial charge in [0.2, 0.25) is 0 Å². The topological polar surface area (TPSA) is 43.4 Å². The minimum absolute atomic E-state index is 0. The van der Waals surface area contributed by atoms with E-state index in [1.807, 2.05) is 47.6 Å². The van der Waals surface area contributed by atoms with Gasteiger partial charge in [0, 0.05) is 5.56 Å². The maximum absolute atomic E-state index is 13.3. The highest BCUT2D eigenvalue weighted by Crippen LogP contribution is 2.41. The molecule has 0 aliphatic heterocycles. The van der Waals surface area contributed by atoms with Crippen LogP contribution in [0.15, 0.2) is 47.4 Å². The summed E-state index contributed by atoms with van der Waals surface area (Å²) in [5, 5.41) is 0. The highest BCUT2D eigenvalue weighted by atomic mass is 127. The van der Waals surface area contributed by atoms with E-state index in [2.05, 4.69) is 0 Å². The second kappa shape index (κ2) is 8.45. The third-order valence-corrected chi connectivity index (χ3v) is 5.54. The van der Waals surface area contributed by atoms with E-state index >= 15 is 0 Å². The molecule has 0 unspecified atom stereocenters. The third-order valence-electron chi connectivity index (χ3n) is 4.25. The molecule has 0 atom stereocenters. The second-order valence-corrected chi connectivity index (χ2v) is 10.2. The number of benzene rings is 2. The molecule has 2 aromatic rings. The molecular weight excluding hydrogens is 516 g/mol. The van der Waals surface area contributed by atoms with Crippen LogP contribution >= 0.6 is 24.0 Å². The fourth-order valence-corrected chi connectivity index (χ4v) is 4.24. The first-order valence-corrected chi connectivity index (χ1v) is 10.2. The summed E-state index contributed by atoms with van der Waals surface area (Å²) in [4.78, 5) is -0.900. The van der Waals surface area contributed by atoms with E-state index in [0.29, 0.717) is 5.56 Å². The molecular formula is C21H26F3IO3S. The van der Waals surface area contributed by atoms with Crippen molar-refractivity contribution in [1.29, 1.82) is 0 Å². The SMILES string of the molecule is CC(C)(C)c1cccc(OS(=O)(=O)c2ccccc2C(F)(F)F)c1C(C)(C)C.I. The van der Waals surface area contributed by atoms with Crippen molar-refractivity contribution in [1.82, 2.24) is 0 Å². The molecule has 0 saturated heterocycles. The Morgan fingerprint density at radius 3 is 1.76 bits per heavy atom. The van der Waals surface area contributed by atoms with Crippen LogP contribution < -0.4 is 4.18 Å². The summed E-state index contributed by atoms with van der Waals surface area (Å²) in [6.07, 6.45) is -4.81. The zero-order chi connectivity index (χ0) is 21.5. The lowest BCUT2D eigenvalue weighted by Crippen LogP contribution is -2.24. The Morgan fingerprint density at radius 2 is 1.28 bits per heavy atom. The summed E-state index contributed by atoms with van der Waals surface area (Å²) in [6.45, 7) is 11.7. The van der Waals surface area contributed by atoms with Gasteiger partial charge in [-0.05, 0) is 34.6 Å². The van der Waals surface area contributed by atoms with Gasteiger partial charge in [0.25, 0.3) is 0 Å². The minimum Gasteiger partial charge on any atom is -0.379 e. The summed E-state index contributed by atoms with van der Waals surface area (Å²) in [5.74, 6) is 0.0388. The molecule has 0 aromatic heterocycles. The summed E-state index contributed by atoms with van der Waals surface area (Å²) in [7, 11) is -4.69. The molecule has 0 aliphatic carbocycles. The lowest BCUT2D eigenvalue weighted by Gasteiger charge is -2.31. The van der Waals surface area contributed by atoms with Crippen molar-refractivity contribution in [3.05, 3.63) is 59.2 Å². The van der Waals surface area contributed by atoms with Gasteiger partial charge in [0.15, 0.2) is 0 Å². The molecule has 0 amide bonds. The van der Waals surface area contributed by atoms with E-state index in [0.717, 1.165) is 23.8 Å². The molecule has 162 valence electrons. The van der Waals surface area contributed by atoms with Gasteiger partial charge >= 0.3 is 16.3 Å². The van der Waals surface area contributed by atoms with Crippen LogP contribution in [-0.4, -0.2) is 8.42 Å². The van der Waals surface area contributed by atoms with E-state index < -0.39 is 32.2 Å². The van der Waals surface area contributed by atoms with Crippen molar-refractivity contribution in [2.45, 2.75) is 63.4 Å². The molecule has 8 heteroatoms. The minimum atomic E-state index is -4.81. The molecule has 2 rings (SSSR count). The lowest BCUT2D eigenvalue weighted by molar-refractivity contribution is -0.139. The average Bonchev–Trinajstić information content (AvgIpc) is 2.51. The third kappa shape index (κ3) is 5.87. The summed E-state index contributed by atoms with van der Waals surface area (Å²) < 4.78 is 70.7. The van der Waals surface area contributed by atoms with Gasteiger partial charge in [0.05, 0.1) is 5.56 Å².